The fourth-order valence-electron chi connectivity index (χ4n) is 2.63. The molecule has 6 nitrogen and oxygen atoms in total. The van der Waals surface area contributed by atoms with Crippen molar-refractivity contribution in [2.24, 2.45) is 0 Å². The number of ether oxygens (including phenoxy) is 3. The van der Waals surface area contributed by atoms with Gasteiger partial charge in [0.1, 0.15) is 5.58 Å². The van der Waals surface area contributed by atoms with Crippen LogP contribution >= 0.6 is 11.6 Å². The fourth-order valence-corrected chi connectivity index (χ4v) is 2.81. The van der Waals surface area contributed by atoms with Crippen LogP contribution < -0.4 is 19.5 Å². The summed E-state index contributed by atoms with van der Waals surface area (Å²) in [6.45, 7) is 0.271. The van der Waals surface area contributed by atoms with E-state index in [1.165, 1.54) is 7.11 Å². The Hall–Kier alpha value is -2.86. The Bertz CT molecular complexity index is 925. The Morgan fingerprint density at radius 2 is 1.73 bits per heavy atom. The van der Waals surface area contributed by atoms with Crippen LogP contribution in [0.3, 0.4) is 0 Å². The predicted molar refractivity (Wildman–Crippen MR) is 98.5 cm³/mol. The van der Waals surface area contributed by atoms with Crippen molar-refractivity contribution in [3.05, 3.63) is 52.7 Å². The first-order valence-corrected chi connectivity index (χ1v) is 8.19. The second-order valence-electron chi connectivity index (χ2n) is 5.51. The van der Waals surface area contributed by atoms with Crippen LogP contribution in [0.25, 0.3) is 11.0 Å². The van der Waals surface area contributed by atoms with Crippen molar-refractivity contribution >= 4 is 28.5 Å². The number of halogens is 1. The minimum Gasteiger partial charge on any atom is -0.493 e. The molecule has 2 aromatic carbocycles. The monoisotopic (exact) mass is 375 g/mol. The van der Waals surface area contributed by atoms with Crippen molar-refractivity contribution in [1.29, 1.82) is 0 Å². The number of methoxy groups -OCH3 is 3. The summed E-state index contributed by atoms with van der Waals surface area (Å²) in [5.74, 6) is 1.43. The van der Waals surface area contributed by atoms with Crippen LogP contribution in [0.1, 0.15) is 16.1 Å². The second kappa shape index (κ2) is 7.58. The van der Waals surface area contributed by atoms with Crippen LogP contribution in [0, 0.1) is 0 Å². The molecule has 3 rings (SSSR count). The van der Waals surface area contributed by atoms with Gasteiger partial charge in [0.05, 0.1) is 21.3 Å². The van der Waals surface area contributed by atoms with Gasteiger partial charge in [-0.1, -0.05) is 11.6 Å². The van der Waals surface area contributed by atoms with Gasteiger partial charge >= 0.3 is 0 Å². The maximum atomic E-state index is 12.4. The van der Waals surface area contributed by atoms with Crippen molar-refractivity contribution < 1.29 is 23.4 Å². The summed E-state index contributed by atoms with van der Waals surface area (Å²) in [4.78, 5) is 12.4. The largest absolute Gasteiger partial charge is 0.493 e. The third kappa shape index (κ3) is 3.55. The molecule has 0 spiro atoms. The van der Waals surface area contributed by atoms with Crippen molar-refractivity contribution in [3.63, 3.8) is 0 Å². The molecule has 0 saturated carbocycles. The molecule has 0 aliphatic carbocycles. The Morgan fingerprint density at radius 1 is 1.04 bits per heavy atom. The number of nitrogens with one attached hydrogen (secondary N) is 1. The molecule has 0 aliphatic rings. The molecule has 0 aliphatic heterocycles. The molecule has 7 heteroatoms. The van der Waals surface area contributed by atoms with E-state index >= 15 is 0 Å². The molecule has 0 unspecified atom stereocenters. The molecule has 0 saturated heterocycles. The SMILES string of the molecule is COc1cc(CNC(=O)c2cc3cc(Cl)ccc3o2)cc(OC)c1OC. The zero-order valence-corrected chi connectivity index (χ0v) is 15.3. The summed E-state index contributed by atoms with van der Waals surface area (Å²) < 4.78 is 21.5. The van der Waals surface area contributed by atoms with E-state index in [1.807, 2.05) is 0 Å². The smallest absolute Gasteiger partial charge is 0.287 e. The summed E-state index contributed by atoms with van der Waals surface area (Å²) in [6, 6.07) is 10.4. The van der Waals surface area contributed by atoms with E-state index in [-0.39, 0.29) is 18.2 Å². The van der Waals surface area contributed by atoms with Crippen LogP contribution in [-0.2, 0) is 6.54 Å². The number of carbonyl (C=O) groups excluding carboxylic acids is 1. The summed E-state index contributed by atoms with van der Waals surface area (Å²) in [6.07, 6.45) is 0. The van der Waals surface area contributed by atoms with Gasteiger partial charge in [0.25, 0.3) is 5.91 Å². The van der Waals surface area contributed by atoms with E-state index in [1.54, 1.807) is 50.6 Å². The van der Waals surface area contributed by atoms with Gasteiger partial charge in [-0.2, -0.15) is 0 Å². The zero-order chi connectivity index (χ0) is 18.7. The average molecular weight is 376 g/mol. The zero-order valence-electron chi connectivity index (χ0n) is 14.6. The summed E-state index contributed by atoms with van der Waals surface area (Å²) in [5.41, 5.74) is 1.40. The summed E-state index contributed by atoms with van der Waals surface area (Å²) >= 11 is 5.95. The first-order valence-electron chi connectivity index (χ1n) is 7.82. The minimum atomic E-state index is -0.328. The molecule has 136 valence electrons. The topological polar surface area (TPSA) is 69.9 Å². The second-order valence-corrected chi connectivity index (χ2v) is 5.95. The molecule has 26 heavy (non-hydrogen) atoms. The van der Waals surface area contributed by atoms with Gasteiger partial charge in [0, 0.05) is 17.0 Å². The lowest BCUT2D eigenvalue weighted by Gasteiger charge is -2.14. The first kappa shape index (κ1) is 17.9. The highest BCUT2D eigenvalue weighted by atomic mass is 35.5. The van der Waals surface area contributed by atoms with Gasteiger partial charge < -0.3 is 23.9 Å². The maximum Gasteiger partial charge on any atom is 0.287 e. The molecule has 1 heterocycles. The number of amides is 1. The lowest BCUT2D eigenvalue weighted by atomic mass is 10.1. The molecule has 1 amide bonds. The Kier molecular flexibility index (Phi) is 5.23. The maximum absolute atomic E-state index is 12.4. The summed E-state index contributed by atoms with van der Waals surface area (Å²) in [5, 5.41) is 4.17. The van der Waals surface area contributed by atoms with Gasteiger partial charge in [-0.15, -0.1) is 0 Å². The molecule has 1 aromatic heterocycles. The number of rotatable bonds is 6. The molecule has 0 fully saturated rings. The standard InChI is InChI=1S/C19H18ClNO5/c1-23-15-6-11(7-16(24-2)18(15)25-3)10-21-19(22)17-9-12-8-13(20)4-5-14(12)26-17/h4-9H,10H2,1-3H3,(H,21,22). The predicted octanol–water partition coefficient (Wildman–Crippen LogP) is 4.04. The quantitative estimate of drug-likeness (QED) is 0.704. The lowest BCUT2D eigenvalue weighted by molar-refractivity contribution is 0.0925. The van der Waals surface area contributed by atoms with Crippen molar-refractivity contribution in [2.75, 3.05) is 21.3 Å². The summed E-state index contributed by atoms with van der Waals surface area (Å²) in [7, 11) is 4.62. The number of benzene rings is 2. The fraction of sp³-hybridized carbons (Fsp3) is 0.211. The van der Waals surface area contributed by atoms with Crippen LogP contribution in [0.5, 0.6) is 17.2 Å². The van der Waals surface area contributed by atoms with E-state index in [4.69, 9.17) is 30.2 Å². The normalized spacial score (nSPS) is 10.6. The van der Waals surface area contributed by atoms with E-state index in [9.17, 15) is 4.79 Å². The molecular formula is C19H18ClNO5. The number of hydrogen-bond donors (Lipinski definition) is 1. The van der Waals surface area contributed by atoms with Gasteiger partial charge in [-0.3, -0.25) is 4.79 Å². The first-order chi connectivity index (χ1) is 12.5. The lowest BCUT2D eigenvalue weighted by Crippen LogP contribution is -2.22. The van der Waals surface area contributed by atoms with Crippen molar-refractivity contribution in [1.82, 2.24) is 5.32 Å². The molecular weight excluding hydrogens is 358 g/mol. The molecule has 0 bridgehead atoms. The van der Waals surface area contributed by atoms with E-state index in [2.05, 4.69) is 5.32 Å². The van der Waals surface area contributed by atoms with E-state index in [0.29, 0.717) is 27.9 Å². The molecule has 1 N–H and O–H groups in total. The Morgan fingerprint density at radius 3 is 2.35 bits per heavy atom. The van der Waals surface area contributed by atoms with Crippen molar-refractivity contribution in [3.8, 4) is 17.2 Å². The van der Waals surface area contributed by atoms with E-state index in [0.717, 1.165) is 10.9 Å². The van der Waals surface area contributed by atoms with Gasteiger partial charge in [0.2, 0.25) is 5.75 Å². The Balaban J connectivity index is 1.78. The van der Waals surface area contributed by atoms with E-state index < -0.39 is 0 Å². The van der Waals surface area contributed by atoms with Crippen LogP contribution in [0.2, 0.25) is 5.02 Å². The number of carbonyl (C=O) groups is 1. The van der Waals surface area contributed by atoms with Crippen LogP contribution in [0.4, 0.5) is 0 Å². The van der Waals surface area contributed by atoms with Crippen molar-refractivity contribution in [2.45, 2.75) is 6.54 Å². The highest BCUT2D eigenvalue weighted by Gasteiger charge is 2.15. The van der Waals surface area contributed by atoms with Crippen LogP contribution in [0.15, 0.2) is 40.8 Å². The molecule has 0 radical (unpaired) electrons. The third-order valence-electron chi connectivity index (χ3n) is 3.88. The number of hydrogen-bond acceptors (Lipinski definition) is 5. The molecule has 3 aromatic rings. The average Bonchev–Trinajstić information content (AvgIpc) is 3.08. The Labute approximate surface area is 155 Å². The highest BCUT2D eigenvalue weighted by molar-refractivity contribution is 6.31. The minimum absolute atomic E-state index is 0.217. The number of fused-ring (bicyclic) bond motifs is 1. The van der Waals surface area contributed by atoms with Gasteiger partial charge in [0.15, 0.2) is 17.3 Å². The number of furan rings is 1. The molecule has 0 atom stereocenters. The van der Waals surface area contributed by atoms with Crippen LogP contribution in [-0.4, -0.2) is 27.2 Å². The third-order valence-corrected chi connectivity index (χ3v) is 4.11. The van der Waals surface area contributed by atoms with Gasteiger partial charge in [-0.25, -0.2) is 0 Å². The van der Waals surface area contributed by atoms with Gasteiger partial charge in [-0.05, 0) is 42.0 Å². The highest BCUT2D eigenvalue weighted by Crippen LogP contribution is 2.38.